The molecule has 0 aromatic carbocycles. The molecule has 2 saturated heterocycles. The maximum Gasteiger partial charge on any atom is 0.302 e. The fraction of sp³-hybridized carbons (Fsp3) is 0.930. The smallest absolute Gasteiger partial charge is 0.302 e. The number of rotatable bonds is 7. The van der Waals surface area contributed by atoms with E-state index >= 15 is 0 Å². The van der Waals surface area contributed by atoms with Crippen LogP contribution in [0.3, 0.4) is 0 Å². The van der Waals surface area contributed by atoms with Crippen LogP contribution in [0.4, 0.5) is 0 Å². The molecule has 314 valence electrons. The van der Waals surface area contributed by atoms with Crippen LogP contribution in [-0.2, 0) is 28.5 Å². The largest absolute Gasteiger partial charge is 0.463 e. The van der Waals surface area contributed by atoms with Gasteiger partial charge in [-0.15, -0.1) is 0 Å². The number of fused-ring (bicyclic) bond motifs is 7. The molecule has 0 amide bonds. The van der Waals surface area contributed by atoms with Crippen LogP contribution in [0.15, 0.2) is 11.6 Å². The molecule has 0 aromatic heterocycles. The molecule has 4 saturated carbocycles. The van der Waals surface area contributed by atoms with Gasteiger partial charge in [0.1, 0.15) is 49.3 Å². The molecule has 0 radical (unpaired) electrons. The van der Waals surface area contributed by atoms with Gasteiger partial charge in [0.2, 0.25) is 0 Å². The van der Waals surface area contributed by atoms with E-state index < -0.39 is 61.3 Å². The Labute approximate surface area is 327 Å². The molecule has 2 aliphatic heterocycles. The summed E-state index contributed by atoms with van der Waals surface area (Å²) >= 11 is 0. The minimum Gasteiger partial charge on any atom is -0.463 e. The molecule has 0 spiro atoms. The van der Waals surface area contributed by atoms with Gasteiger partial charge in [0.15, 0.2) is 12.6 Å². The lowest BCUT2D eigenvalue weighted by molar-refractivity contribution is -0.357. The summed E-state index contributed by atoms with van der Waals surface area (Å²) in [5.41, 5.74) is 1.93. The minimum absolute atomic E-state index is 0.00897. The highest BCUT2D eigenvalue weighted by Crippen LogP contribution is 2.75. The van der Waals surface area contributed by atoms with Gasteiger partial charge in [-0.3, -0.25) is 4.79 Å². The summed E-state index contributed by atoms with van der Waals surface area (Å²) in [6.07, 6.45) is 0.141. The van der Waals surface area contributed by atoms with Crippen molar-refractivity contribution in [2.75, 3.05) is 19.8 Å². The first-order valence-corrected chi connectivity index (χ1v) is 21.1. The third-order valence-electron chi connectivity index (χ3n) is 17.2. The van der Waals surface area contributed by atoms with E-state index in [0.717, 1.165) is 57.8 Å². The Morgan fingerprint density at radius 2 is 1.53 bits per heavy atom. The fourth-order valence-corrected chi connectivity index (χ4v) is 13.6. The first kappa shape index (κ1) is 42.0. The van der Waals surface area contributed by atoms with Crippen LogP contribution in [0.25, 0.3) is 0 Å². The van der Waals surface area contributed by atoms with E-state index in [-0.39, 0.29) is 58.4 Å². The summed E-state index contributed by atoms with van der Waals surface area (Å²) in [7, 11) is 0. The van der Waals surface area contributed by atoms with Crippen LogP contribution >= 0.6 is 0 Å². The lowest BCUT2D eigenvalue weighted by atomic mass is 9.33. The molecule has 0 bridgehead atoms. The molecule has 55 heavy (non-hydrogen) atoms. The van der Waals surface area contributed by atoms with Gasteiger partial charge in [0.25, 0.3) is 0 Å². The van der Waals surface area contributed by atoms with Crippen molar-refractivity contribution in [3.05, 3.63) is 11.6 Å². The van der Waals surface area contributed by atoms with Crippen LogP contribution in [0.2, 0.25) is 0 Å². The van der Waals surface area contributed by atoms with Crippen LogP contribution in [0, 0.1) is 50.2 Å². The number of hydrogen-bond donors (Lipinski definition) is 6. The van der Waals surface area contributed by atoms with E-state index in [0.29, 0.717) is 17.8 Å². The van der Waals surface area contributed by atoms with Gasteiger partial charge in [-0.2, -0.15) is 0 Å². The quantitative estimate of drug-likeness (QED) is 0.124. The second kappa shape index (κ2) is 14.5. The van der Waals surface area contributed by atoms with Gasteiger partial charge in [-0.1, -0.05) is 60.1 Å². The molecule has 7 aliphatic rings. The molecule has 12 nitrogen and oxygen atoms in total. The normalized spacial score (nSPS) is 51.7. The van der Waals surface area contributed by atoms with E-state index in [2.05, 4.69) is 54.5 Å². The first-order valence-electron chi connectivity index (χ1n) is 21.1. The van der Waals surface area contributed by atoms with Crippen LogP contribution in [-0.4, -0.2) is 118 Å². The van der Waals surface area contributed by atoms with E-state index in [1.54, 1.807) is 5.57 Å². The third-order valence-corrected chi connectivity index (χ3v) is 17.2. The molecule has 6 fully saturated rings. The van der Waals surface area contributed by atoms with Crippen molar-refractivity contribution in [2.45, 2.75) is 181 Å². The highest BCUT2D eigenvalue weighted by Gasteiger charge is 2.68. The molecule has 6 N–H and O–H groups in total. The summed E-state index contributed by atoms with van der Waals surface area (Å²) in [6, 6.07) is 0. The topological polar surface area (TPSA) is 185 Å². The van der Waals surface area contributed by atoms with E-state index in [9.17, 15) is 35.4 Å². The number of carbonyl (C=O) groups is 1. The molecular weight excluding hydrogens is 708 g/mol. The zero-order valence-electron chi connectivity index (χ0n) is 34.4. The third kappa shape index (κ3) is 6.68. The zero-order chi connectivity index (χ0) is 40.1. The predicted octanol–water partition coefficient (Wildman–Crippen LogP) is 4.00. The van der Waals surface area contributed by atoms with Crippen molar-refractivity contribution < 1.29 is 59.1 Å². The van der Waals surface area contributed by atoms with Crippen LogP contribution in [0.5, 0.6) is 0 Å². The van der Waals surface area contributed by atoms with E-state index in [4.69, 9.17) is 23.7 Å². The molecule has 17 atom stereocenters. The van der Waals surface area contributed by atoms with Crippen molar-refractivity contribution >= 4 is 5.97 Å². The van der Waals surface area contributed by atoms with Gasteiger partial charge < -0.3 is 54.3 Å². The second-order valence-electron chi connectivity index (χ2n) is 20.9. The second-order valence-corrected chi connectivity index (χ2v) is 20.9. The maximum absolute atomic E-state index is 11.6. The van der Waals surface area contributed by atoms with Gasteiger partial charge in [-0.05, 0) is 109 Å². The average Bonchev–Trinajstić information content (AvgIpc) is 3.11. The van der Waals surface area contributed by atoms with Gasteiger partial charge >= 0.3 is 5.97 Å². The lowest BCUT2D eigenvalue weighted by Crippen LogP contribution is -2.66. The summed E-state index contributed by atoms with van der Waals surface area (Å²) in [5, 5.41) is 64.9. The number of esters is 1. The molecule has 12 heteroatoms. The van der Waals surface area contributed by atoms with Crippen molar-refractivity contribution in [3.63, 3.8) is 0 Å². The average molecular weight is 779 g/mol. The van der Waals surface area contributed by atoms with E-state index in [1.807, 2.05) is 0 Å². The number of aliphatic hydroxyl groups is 6. The number of allylic oxidation sites excluding steroid dienone is 2. The Bertz CT molecular complexity index is 1470. The van der Waals surface area contributed by atoms with Crippen molar-refractivity contribution in [2.24, 2.45) is 50.2 Å². The van der Waals surface area contributed by atoms with Gasteiger partial charge in [0, 0.05) is 18.9 Å². The molecule has 4 unspecified atom stereocenters. The lowest BCUT2D eigenvalue weighted by Gasteiger charge is -2.71. The number of aliphatic hydroxyl groups excluding tert-OH is 6. The molecule has 2 heterocycles. The maximum atomic E-state index is 11.6. The Hall–Kier alpha value is -1.19. The number of hydrogen-bond acceptors (Lipinski definition) is 12. The van der Waals surface area contributed by atoms with Crippen LogP contribution < -0.4 is 0 Å². The zero-order valence-corrected chi connectivity index (χ0v) is 34.4. The van der Waals surface area contributed by atoms with Gasteiger partial charge in [0.05, 0.1) is 12.7 Å². The Morgan fingerprint density at radius 1 is 0.818 bits per heavy atom. The summed E-state index contributed by atoms with van der Waals surface area (Å²) in [6.45, 7) is 18.0. The monoisotopic (exact) mass is 778 g/mol. The first-order chi connectivity index (χ1) is 25.6. The summed E-state index contributed by atoms with van der Waals surface area (Å²) < 4.78 is 29.1. The highest BCUT2D eigenvalue weighted by molar-refractivity contribution is 5.65. The predicted molar refractivity (Wildman–Crippen MR) is 201 cm³/mol. The standard InChI is InChI=1S/C43H70O12/c1-23(45)51-21-27-31(47)32(48)33(49)37(53-27)55-35-26(46)20-52-36(34(35)50)54-30-12-13-40(6)28(39(30,4)5)11-14-42(8)29(40)10-9-24-25-19-38(2,3)15-17-43(25,22-44)18-16-41(24,42)7/h9,25-37,44,46-50H,10-22H2,1-8H3/t25?,26-,27-,28?,29?,30?,31-,32+,33-,34-,35+,36+,37+,40+,41-,42-,43-/m1/s1. The van der Waals surface area contributed by atoms with Crippen molar-refractivity contribution in [3.8, 4) is 0 Å². The molecular formula is C43H70O12. The number of carbonyl (C=O) groups excluding carboxylic acids is 1. The molecule has 0 aromatic rings. The van der Waals surface area contributed by atoms with Crippen molar-refractivity contribution in [1.29, 1.82) is 0 Å². The summed E-state index contributed by atoms with van der Waals surface area (Å²) in [4.78, 5) is 11.4. The Morgan fingerprint density at radius 3 is 2.22 bits per heavy atom. The highest BCUT2D eigenvalue weighted by atomic mass is 16.7. The Balaban J connectivity index is 1.07. The Kier molecular flexibility index (Phi) is 11.1. The van der Waals surface area contributed by atoms with Gasteiger partial charge in [-0.25, -0.2) is 0 Å². The van der Waals surface area contributed by atoms with Crippen molar-refractivity contribution in [1.82, 2.24) is 0 Å². The molecule has 7 rings (SSSR count). The van der Waals surface area contributed by atoms with E-state index in [1.165, 1.54) is 13.3 Å². The SMILES string of the molecule is CC(=O)OC[C@H]1O[C@@H](O[C@@H]2[C@@H](O)[C@H](OC3CC[C@@]4(C)C(CC[C@]5(C)C4CC=C4C6CC(C)(C)CC[C@]6(CO)CC[C@]45C)C3(C)C)OC[C@H]2O)[C@H](O)[C@@H](O)[C@@H]1O. The fourth-order valence-electron chi connectivity index (χ4n) is 13.6. The van der Waals surface area contributed by atoms with Crippen LogP contribution in [0.1, 0.15) is 120 Å². The number of ether oxygens (including phenoxy) is 5. The summed E-state index contributed by atoms with van der Waals surface area (Å²) in [5.74, 6) is 0.675. The minimum atomic E-state index is -1.70. The molecule has 5 aliphatic carbocycles.